The summed E-state index contributed by atoms with van der Waals surface area (Å²) >= 11 is 1.53. The lowest BCUT2D eigenvalue weighted by Crippen LogP contribution is -2.31. The van der Waals surface area contributed by atoms with Crippen LogP contribution in [-0.2, 0) is 24.2 Å². The van der Waals surface area contributed by atoms with E-state index in [9.17, 15) is 4.79 Å². The summed E-state index contributed by atoms with van der Waals surface area (Å²) in [6.07, 6.45) is 1.28. The van der Waals surface area contributed by atoms with Crippen LogP contribution in [0.2, 0.25) is 0 Å². The van der Waals surface area contributed by atoms with Crippen molar-refractivity contribution in [3.05, 3.63) is 82.3 Å². The van der Waals surface area contributed by atoms with Crippen LogP contribution < -0.4 is 11.1 Å². The van der Waals surface area contributed by atoms with Crippen LogP contribution in [0.5, 0.6) is 0 Å². The van der Waals surface area contributed by atoms with Crippen molar-refractivity contribution < 1.29 is 4.79 Å². The van der Waals surface area contributed by atoms with E-state index in [2.05, 4.69) is 39.5 Å². The molecule has 0 atom stereocenters. The van der Waals surface area contributed by atoms with Crippen LogP contribution in [-0.4, -0.2) is 35.4 Å². The minimum absolute atomic E-state index is 0. The Morgan fingerprint density at radius 1 is 1.00 bits per heavy atom. The van der Waals surface area contributed by atoms with Crippen LogP contribution in [0.1, 0.15) is 16.3 Å². The van der Waals surface area contributed by atoms with Gasteiger partial charge in [-0.1, -0.05) is 48.5 Å². The SMILES string of the molecule is Cl.Cl.NCCN(CCc1ccccc1)Cc1csc(CC(=O)Nc2ccccc2)n1. The van der Waals surface area contributed by atoms with Crippen LogP contribution >= 0.6 is 36.2 Å². The number of nitrogens with zero attached hydrogens (tertiary/aromatic N) is 2. The van der Waals surface area contributed by atoms with Crippen LogP contribution in [0, 0.1) is 0 Å². The molecule has 3 aromatic rings. The number of benzene rings is 2. The Hall–Kier alpha value is -1.96. The zero-order chi connectivity index (χ0) is 19.6. The summed E-state index contributed by atoms with van der Waals surface area (Å²) < 4.78 is 0. The molecule has 0 spiro atoms. The number of para-hydroxylation sites is 1. The molecule has 0 saturated heterocycles. The molecule has 0 bridgehead atoms. The highest BCUT2D eigenvalue weighted by atomic mass is 35.5. The molecule has 162 valence electrons. The predicted molar refractivity (Wildman–Crippen MR) is 130 cm³/mol. The summed E-state index contributed by atoms with van der Waals surface area (Å²) in [4.78, 5) is 19.2. The summed E-state index contributed by atoms with van der Waals surface area (Å²) in [6.45, 7) is 3.13. The molecule has 0 saturated carbocycles. The van der Waals surface area contributed by atoms with Gasteiger partial charge in [0.2, 0.25) is 5.91 Å². The van der Waals surface area contributed by atoms with Crippen molar-refractivity contribution in [3.8, 4) is 0 Å². The van der Waals surface area contributed by atoms with Crippen molar-refractivity contribution in [3.63, 3.8) is 0 Å². The molecule has 3 rings (SSSR count). The second-order valence-electron chi connectivity index (χ2n) is 6.62. The number of hydrogen-bond acceptors (Lipinski definition) is 5. The molecule has 0 aliphatic heterocycles. The fraction of sp³-hybridized carbons (Fsp3) is 0.273. The molecule has 3 N–H and O–H groups in total. The number of anilines is 1. The molecule has 8 heteroatoms. The van der Waals surface area contributed by atoms with E-state index in [1.54, 1.807) is 0 Å². The minimum Gasteiger partial charge on any atom is -0.329 e. The zero-order valence-corrected chi connectivity index (χ0v) is 19.1. The lowest BCUT2D eigenvalue weighted by Gasteiger charge is -2.20. The van der Waals surface area contributed by atoms with Gasteiger partial charge in [-0.3, -0.25) is 9.69 Å². The van der Waals surface area contributed by atoms with Gasteiger partial charge in [-0.05, 0) is 24.1 Å². The Balaban J connectivity index is 0.00000225. The fourth-order valence-corrected chi connectivity index (χ4v) is 3.76. The second-order valence-corrected chi connectivity index (χ2v) is 7.57. The van der Waals surface area contributed by atoms with Gasteiger partial charge in [0.25, 0.3) is 0 Å². The molecular formula is C22H28Cl2N4OS. The Labute approximate surface area is 194 Å². The number of aromatic nitrogens is 1. The highest BCUT2D eigenvalue weighted by Gasteiger charge is 2.11. The highest BCUT2D eigenvalue weighted by Crippen LogP contribution is 2.14. The van der Waals surface area contributed by atoms with E-state index in [4.69, 9.17) is 5.73 Å². The molecule has 1 amide bonds. The second kappa shape index (κ2) is 14.1. The number of halogens is 2. The first-order chi connectivity index (χ1) is 13.7. The summed E-state index contributed by atoms with van der Waals surface area (Å²) in [5.74, 6) is -0.0463. The molecule has 0 aliphatic carbocycles. The normalized spacial score (nSPS) is 10.2. The van der Waals surface area contributed by atoms with E-state index >= 15 is 0 Å². The zero-order valence-electron chi connectivity index (χ0n) is 16.7. The van der Waals surface area contributed by atoms with Crippen molar-refractivity contribution in [1.29, 1.82) is 0 Å². The van der Waals surface area contributed by atoms with Gasteiger partial charge in [0.15, 0.2) is 0 Å². The van der Waals surface area contributed by atoms with Crippen molar-refractivity contribution in [2.75, 3.05) is 25.0 Å². The molecule has 1 aromatic heterocycles. The third kappa shape index (κ3) is 8.81. The molecule has 0 aliphatic rings. The Bertz CT molecular complexity index is 862. The van der Waals surface area contributed by atoms with Gasteiger partial charge < -0.3 is 11.1 Å². The van der Waals surface area contributed by atoms with Crippen LogP contribution in [0.15, 0.2) is 66.0 Å². The van der Waals surface area contributed by atoms with Gasteiger partial charge in [0.05, 0.1) is 12.1 Å². The fourth-order valence-electron chi connectivity index (χ4n) is 2.98. The average molecular weight is 467 g/mol. The summed E-state index contributed by atoms with van der Waals surface area (Å²) in [7, 11) is 0. The third-order valence-corrected chi connectivity index (χ3v) is 5.26. The third-order valence-electron chi connectivity index (χ3n) is 4.36. The van der Waals surface area contributed by atoms with E-state index in [1.165, 1.54) is 16.9 Å². The number of nitrogens with one attached hydrogen (secondary N) is 1. The first kappa shape index (κ1) is 26.1. The van der Waals surface area contributed by atoms with Gasteiger partial charge in [-0.25, -0.2) is 4.98 Å². The van der Waals surface area contributed by atoms with E-state index in [0.29, 0.717) is 13.0 Å². The number of hydrogen-bond donors (Lipinski definition) is 2. The lowest BCUT2D eigenvalue weighted by molar-refractivity contribution is -0.115. The Morgan fingerprint density at radius 2 is 1.67 bits per heavy atom. The molecular weight excluding hydrogens is 439 g/mol. The number of carbonyl (C=O) groups excluding carboxylic acids is 1. The smallest absolute Gasteiger partial charge is 0.231 e. The van der Waals surface area contributed by atoms with Crippen LogP contribution in [0.3, 0.4) is 0 Å². The quantitative estimate of drug-likeness (QED) is 0.470. The number of carbonyl (C=O) groups is 1. The van der Waals surface area contributed by atoms with E-state index < -0.39 is 0 Å². The monoisotopic (exact) mass is 466 g/mol. The molecule has 0 fully saturated rings. The van der Waals surface area contributed by atoms with Crippen molar-refractivity contribution in [1.82, 2.24) is 9.88 Å². The standard InChI is InChI=1S/C22H26N4OS.2ClH/c23-12-14-26(13-11-18-7-3-1-4-8-18)16-20-17-28-22(25-20)15-21(27)24-19-9-5-2-6-10-19;;/h1-10,17H,11-16,23H2,(H,24,27);2*1H. The first-order valence-electron chi connectivity index (χ1n) is 9.47. The van der Waals surface area contributed by atoms with E-state index in [-0.39, 0.29) is 30.7 Å². The topological polar surface area (TPSA) is 71.2 Å². The Morgan fingerprint density at radius 3 is 2.33 bits per heavy atom. The largest absolute Gasteiger partial charge is 0.329 e. The molecule has 2 aromatic carbocycles. The molecule has 1 heterocycles. The average Bonchev–Trinajstić information content (AvgIpc) is 3.14. The maximum absolute atomic E-state index is 12.2. The number of nitrogens with two attached hydrogens (primary N) is 1. The lowest BCUT2D eigenvalue weighted by atomic mass is 10.1. The highest BCUT2D eigenvalue weighted by molar-refractivity contribution is 7.09. The predicted octanol–water partition coefficient (Wildman–Crippen LogP) is 4.17. The van der Waals surface area contributed by atoms with E-state index in [1.807, 2.05) is 41.8 Å². The number of amides is 1. The number of rotatable bonds is 10. The van der Waals surface area contributed by atoms with Crippen LogP contribution in [0.4, 0.5) is 5.69 Å². The first-order valence-corrected chi connectivity index (χ1v) is 10.4. The number of thiazole rings is 1. The van der Waals surface area contributed by atoms with Crippen molar-refractivity contribution >= 4 is 47.7 Å². The molecule has 0 radical (unpaired) electrons. The van der Waals surface area contributed by atoms with Gasteiger partial charge in [0, 0.05) is 37.2 Å². The van der Waals surface area contributed by atoms with Gasteiger partial charge in [-0.2, -0.15) is 0 Å². The molecule has 0 unspecified atom stereocenters. The molecule has 30 heavy (non-hydrogen) atoms. The summed E-state index contributed by atoms with van der Waals surface area (Å²) in [5.41, 5.74) is 8.90. The Kier molecular flexibility index (Phi) is 12.3. The van der Waals surface area contributed by atoms with Gasteiger partial charge >= 0.3 is 0 Å². The van der Waals surface area contributed by atoms with Crippen molar-refractivity contribution in [2.24, 2.45) is 5.73 Å². The maximum Gasteiger partial charge on any atom is 0.231 e. The minimum atomic E-state index is -0.0463. The van der Waals surface area contributed by atoms with Gasteiger partial charge in [-0.15, -0.1) is 36.2 Å². The maximum atomic E-state index is 12.2. The summed E-state index contributed by atoms with van der Waals surface area (Å²) in [6, 6.07) is 19.9. The van der Waals surface area contributed by atoms with E-state index in [0.717, 1.165) is 42.4 Å². The van der Waals surface area contributed by atoms with Crippen molar-refractivity contribution in [2.45, 2.75) is 19.4 Å². The van der Waals surface area contributed by atoms with Crippen LogP contribution in [0.25, 0.3) is 0 Å². The van der Waals surface area contributed by atoms with Gasteiger partial charge in [0.1, 0.15) is 5.01 Å². The summed E-state index contributed by atoms with van der Waals surface area (Å²) in [5, 5.41) is 5.77. The molecule has 5 nitrogen and oxygen atoms in total.